The van der Waals surface area contributed by atoms with E-state index in [-0.39, 0.29) is 5.78 Å². The highest BCUT2D eigenvalue weighted by Crippen LogP contribution is 2.19. The Balaban J connectivity index is 2.68. The molecule has 2 heteroatoms. The van der Waals surface area contributed by atoms with Crippen LogP contribution >= 0.6 is 0 Å². The Bertz CT molecular complexity index is 369. The molecule has 0 aliphatic heterocycles. The maximum atomic E-state index is 11.8. The normalized spacial score (nSPS) is 10.3. The number of hydrogen-bond donors (Lipinski definition) is 0. The van der Waals surface area contributed by atoms with Crippen molar-refractivity contribution in [2.24, 2.45) is 0 Å². The van der Waals surface area contributed by atoms with Gasteiger partial charge in [-0.05, 0) is 43.5 Å². The zero-order chi connectivity index (χ0) is 12.7. The van der Waals surface area contributed by atoms with Crippen molar-refractivity contribution in [2.45, 2.75) is 46.5 Å². The molecule has 0 aromatic heterocycles. The number of ketones is 1. The van der Waals surface area contributed by atoms with Crippen LogP contribution in [0, 0.1) is 6.92 Å². The molecule has 1 aromatic rings. The van der Waals surface area contributed by atoms with Crippen molar-refractivity contribution in [3.63, 3.8) is 0 Å². The number of ether oxygens (including phenoxy) is 1. The lowest BCUT2D eigenvalue weighted by atomic mass is 10.0. The van der Waals surface area contributed by atoms with Crippen LogP contribution in [-0.4, -0.2) is 12.4 Å². The molecule has 0 spiro atoms. The van der Waals surface area contributed by atoms with Crippen molar-refractivity contribution in [3.05, 3.63) is 29.3 Å². The molecule has 0 saturated carbocycles. The summed E-state index contributed by atoms with van der Waals surface area (Å²) in [5.41, 5.74) is 1.84. The molecule has 2 nitrogen and oxygen atoms in total. The van der Waals surface area contributed by atoms with Crippen molar-refractivity contribution in [2.75, 3.05) is 6.61 Å². The van der Waals surface area contributed by atoms with Crippen LogP contribution in [0.2, 0.25) is 0 Å². The van der Waals surface area contributed by atoms with Crippen LogP contribution in [0.25, 0.3) is 0 Å². The summed E-state index contributed by atoms with van der Waals surface area (Å²) in [7, 11) is 0. The third-order valence-electron chi connectivity index (χ3n) is 2.74. The maximum absolute atomic E-state index is 11.8. The lowest BCUT2D eigenvalue weighted by Gasteiger charge is -2.09. The van der Waals surface area contributed by atoms with Crippen LogP contribution in [0.4, 0.5) is 0 Å². The molecule has 1 aromatic carbocycles. The second-order valence-corrected chi connectivity index (χ2v) is 4.35. The van der Waals surface area contributed by atoms with Crippen molar-refractivity contribution < 1.29 is 9.53 Å². The molecule has 1 rings (SSSR count). The van der Waals surface area contributed by atoms with E-state index in [0.29, 0.717) is 6.42 Å². The molecule has 0 atom stereocenters. The second-order valence-electron chi connectivity index (χ2n) is 4.35. The summed E-state index contributed by atoms with van der Waals surface area (Å²) in [6.45, 7) is 6.88. The highest BCUT2D eigenvalue weighted by atomic mass is 16.5. The topological polar surface area (TPSA) is 26.3 Å². The number of carbonyl (C=O) groups is 1. The lowest BCUT2D eigenvalue weighted by molar-refractivity contribution is 0.0981. The fourth-order valence-corrected chi connectivity index (χ4v) is 1.73. The lowest BCUT2D eigenvalue weighted by Crippen LogP contribution is -2.02. The van der Waals surface area contributed by atoms with Gasteiger partial charge in [0.1, 0.15) is 5.75 Å². The van der Waals surface area contributed by atoms with E-state index in [9.17, 15) is 4.79 Å². The first-order chi connectivity index (χ1) is 8.19. The Morgan fingerprint density at radius 3 is 2.59 bits per heavy atom. The van der Waals surface area contributed by atoms with E-state index < -0.39 is 0 Å². The van der Waals surface area contributed by atoms with Gasteiger partial charge in [-0.1, -0.05) is 20.3 Å². The standard InChI is InChI=1S/C15H22O2/c1-4-6-10-17-13-8-9-14(12(3)11-13)15(16)7-5-2/h8-9,11H,4-7,10H2,1-3H3. The summed E-state index contributed by atoms with van der Waals surface area (Å²) in [6.07, 6.45) is 3.71. The molecular formula is C15H22O2. The summed E-state index contributed by atoms with van der Waals surface area (Å²) in [5, 5.41) is 0. The van der Waals surface area contributed by atoms with Gasteiger partial charge in [-0.3, -0.25) is 4.79 Å². The van der Waals surface area contributed by atoms with Crippen LogP contribution in [0.15, 0.2) is 18.2 Å². The van der Waals surface area contributed by atoms with Crippen LogP contribution in [0.5, 0.6) is 5.75 Å². The van der Waals surface area contributed by atoms with Gasteiger partial charge in [-0.25, -0.2) is 0 Å². The predicted octanol–water partition coefficient (Wildman–Crippen LogP) is 4.16. The SMILES string of the molecule is CCCCOc1ccc(C(=O)CCC)c(C)c1. The van der Waals surface area contributed by atoms with E-state index in [4.69, 9.17) is 4.74 Å². The first-order valence-electron chi connectivity index (χ1n) is 6.45. The van der Waals surface area contributed by atoms with Crippen LogP contribution < -0.4 is 4.74 Å². The molecule has 0 unspecified atom stereocenters. The minimum atomic E-state index is 0.227. The van der Waals surface area contributed by atoms with Crippen molar-refractivity contribution in [1.82, 2.24) is 0 Å². The predicted molar refractivity (Wildman–Crippen MR) is 70.8 cm³/mol. The Morgan fingerprint density at radius 1 is 1.24 bits per heavy atom. The smallest absolute Gasteiger partial charge is 0.163 e. The summed E-state index contributed by atoms with van der Waals surface area (Å²) < 4.78 is 5.61. The first-order valence-corrected chi connectivity index (χ1v) is 6.45. The molecule has 0 aliphatic rings. The summed E-state index contributed by atoms with van der Waals surface area (Å²) in [5.74, 6) is 1.09. The van der Waals surface area contributed by atoms with Gasteiger partial charge in [-0.2, -0.15) is 0 Å². The number of hydrogen-bond acceptors (Lipinski definition) is 2. The third kappa shape index (κ3) is 4.22. The van der Waals surface area contributed by atoms with Crippen LogP contribution in [0.3, 0.4) is 0 Å². The Morgan fingerprint density at radius 2 is 2.00 bits per heavy atom. The second kappa shape index (κ2) is 7.10. The van der Waals surface area contributed by atoms with E-state index in [2.05, 4.69) is 6.92 Å². The molecule has 0 amide bonds. The maximum Gasteiger partial charge on any atom is 0.163 e. The van der Waals surface area contributed by atoms with Gasteiger partial charge in [0.25, 0.3) is 0 Å². The van der Waals surface area contributed by atoms with E-state index in [1.165, 1.54) is 0 Å². The van der Waals surface area contributed by atoms with Crippen molar-refractivity contribution >= 4 is 5.78 Å². The number of Topliss-reactive ketones (excluding diaryl/α,β-unsaturated/α-hetero) is 1. The van der Waals surface area contributed by atoms with E-state index in [1.54, 1.807) is 0 Å². The molecule has 0 radical (unpaired) electrons. The minimum absolute atomic E-state index is 0.227. The molecule has 0 saturated heterocycles. The Labute approximate surface area is 104 Å². The van der Waals surface area contributed by atoms with Gasteiger partial charge in [-0.15, -0.1) is 0 Å². The average Bonchev–Trinajstić information content (AvgIpc) is 2.29. The highest BCUT2D eigenvalue weighted by Gasteiger charge is 2.08. The largest absolute Gasteiger partial charge is 0.494 e. The zero-order valence-electron chi connectivity index (χ0n) is 11.1. The van der Waals surface area contributed by atoms with Crippen molar-refractivity contribution in [1.29, 1.82) is 0 Å². The number of benzene rings is 1. The van der Waals surface area contributed by atoms with E-state index >= 15 is 0 Å². The van der Waals surface area contributed by atoms with E-state index in [1.807, 2.05) is 32.0 Å². The summed E-state index contributed by atoms with van der Waals surface area (Å²) in [4.78, 5) is 11.8. The van der Waals surface area contributed by atoms with Gasteiger partial charge in [0.15, 0.2) is 5.78 Å². The zero-order valence-corrected chi connectivity index (χ0v) is 11.1. The van der Waals surface area contributed by atoms with E-state index in [0.717, 1.165) is 42.7 Å². The van der Waals surface area contributed by atoms with Gasteiger partial charge in [0, 0.05) is 12.0 Å². The molecule has 0 N–H and O–H groups in total. The Hall–Kier alpha value is -1.31. The summed E-state index contributed by atoms with van der Waals surface area (Å²) in [6, 6.07) is 5.73. The summed E-state index contributed by atoms with van der Waals surface area (Å²) >= 11 is 0. The van der Waals surface area contributed by atoms with Crippen LogP contribution in [-0.2, 0) is 0 Å². The third-order valence-corrected chi connectivity index (χ3v) is 2.74. The number of rotatable bonds is 7. The molecule has 94 valence electrons. The van der Waals surface area contributed by atoms with Gasteiger partial charge in [0.2, 0.25) is 0 Å². The fraction of sp³-hybridized carbons (Fsp3) is 0.533. The fourth-order valence-electron chi connectivity index (χ4n) is 1.73. The van der Waals surface area contributed by atoms with Gasteiger partial charge < -0.3 is 4.74 Å². The molecule has 0 bridgehead atoms. The number of unbranched alkanes of at least 4 members (excludes halogenated alkanes) is 1. The monoisotopic (exact) mass is 234 g/mol. The minimum Gasteiger partial charge on any atom is -0.494 e. The molecule has 0 heterocycles. The average molecular weight is 234 g/mol. The van der Waals surface area contributed by atoms with Gasteiger partial charge in [0.05, 0.1) is 6.61 Å². The Kier molecular flexibility index (Phi) is 5.75. The van der Waals surface area contributed by atoms with Crippen LogP contribution in [0.1, 0.15) is 55.5 Å². The molecule has 0 aliphatic carbocycles. The molecule has 17 heavy (non-hydrogen) atoms. The van der Waals surface area contributed by atoms with Crippen molar-refractivity contribution in [3.8, 4) is 5.75 Å². The molecule has 0 fully saturated rings. The molecular weight excluding hydrogens is 212 g/mol. The highest BCUT2D eigenvalue weighted by molar-refractivity contribution is 5.97. The first kappa shape index (κ1) is 13.8. The number of carbonyl (C=O) groups excluding carboxylic acids is 1. The number of aryl methyl sites for hydroxylation is 1. The van der Waals surface area contributed by atoms with Gasteiger partial charge >= 0.3 is 0 Å². The quantitative estimate of drug-likeness (QED) is 0.523.